The zero-order valence-electron chi connectivity index (χ0n) is 9.75. The molecule has 2 aromatic heterocycles. The molecule has 0 atom stereocenters. The molecule has 0 radical (unpaired) electrons. The first kappa shape index (κ1) is 14.1. The zero-order chi connectivity index (χ0) is 14.0. The van der Waals surface area contributed by atoms with Crippen LogP contribution in [0.25, 0.3) is 0 Å². The van der Waals surface area contributed by atoms with Crippen LogP contribution in [0.1, 0.15) is 16.2 Å². The van der Waals surface area contributed by atoms with Crippen LogP contribution in [0.15, 0.2) is 24.3 Å². The first-order valence-electron chi connectivity index (χ1n) is 5.24. The number of amides is 1. The number of carbonyl (C=O) groups excluding carboxylic acids is 1. The van der Waals surface area contributed by atoms with Crippen LogP contribution >= 0.6 is 34.8 Å². The number of nitrogens with zero attached hydrogens (tertiary/aromatic N) is 2. The van der Waals surface area contributed by atoms with Crippen LogP contribution in [0.2, 0.25) is 15.3 Å². The number of aryl methyl sites for hydroxylation is 1. The molecule has 0 saturated carbocycles. The van der Waals surface area contributed by atoms with Crippen LogP contribution in [-0.4, -0.2) is 15.9 Å². The molecule has 1 N–H and O–H groups in total. The molecule has 0 saturated heterocycles. The van der Waals surface area contributed by atoms with E-state index in [4.69, 9.17) is 34.8 Å². The maximum absolute atomic E-state index is 12.0. The van der Waals surface area contributed by atoms with Crippen molar-refractivity contribution in [3.63, 3.8) is 0 Å². The van der Waals surface area contributed by atoms with Crippen molar-refractivity contribution in [2.24, 2.45) is 0 Å². The average molecular weight is 317 g/mol. The maximum Gasteiger partial charge on any atom is 0.275 e. The fraction of sp³-hybridized carbons (Fsp3) is 0.0833. The van der Waals surface area contributed by atoms with Crippen molar-refractivity contribution in [3.8, 4) is 0 Å². The van der Waals surface area contributed by atoms with Crippen molar-refractivity contribution in [2.45, 2.75) is 6.92 Å². The Kier molecular flexibility index (Phi) is 4.24. The molecular weight excluding hydrogens is 309 g/mol. The van der Waals surface area contributed by atoms with E-state index >= 15 is 0 Å². The van der Waals surface area contributed by atoms with Gasteiger partial charge < -0.3 is 5.32 Å². The molecule has 0 bridgehead atoms. The number of nitrogens with one attached hydrogen (secondary N) is 1. The van der Waals surface area contributed by atoms with Gasteiger partial charge in [0.1, 0.15) is 16.0 Å². The predicted molar refractivity (Wildman–Crippen MR) is 76.2 cm³/mol. The summed E-state index contributed by atoms with van der Waals surface area (Å²) in [6, 6.07) is 6.26. The summed E-state index contributed by atoms with van der Waals surface area (Å²) in [5.74, 6) is -0.459. The lowest BCUT2D eigenvalue weighted by atomic mass is 10.3. The topological polar surface area (TPSA) is 54.9 Å². The second kappa shape index (κ2) is 5.74. The second-order valence-electron chi connectivity index (χ2n) is 3.69. The van der Waals surface area contributed by atoms with Crippen molar-refractivity contribution in [1.29, 1.82) is 0 Å². The normalized spacial score (nSPS) is 10.3. The van der Waals surface area contributed by atoms with Gasteiger partial charge in [-0.2, -0.15) is 0 Å². The molecule has 0 spiro atoms. The Balaban J connectivity index is 2.28. The van der Waals surface area contributed by atoms with Gasteiger partial charge >= 0.3 is 0 Å². The molecule has 4 nitrogen and oxygen atoms in total. The van der Waals surface area contributed by atoms with Crippen molar-refractivity contribution >= 4 is 46.4 Å². The highest BCUT2D eigenvalue weighted by molar-refractivity contribution is 6.35. The third-order valence-electron chi connectivity index (χ3n) is 2.33. The second-order valence-corrected chi connectivity index (χ2v) is 4.87. The van der Waals surface area contributed by atoms with E-state index in [0.29, 0.717) is 16.5 Å². The number of anilines is 1. The van der Waals surface area contributed by atoms with E-state index in [1.807, 2.05) is 0 Å². The van der Waals surface area contributed by atoms with Crippen molar-refractivity contribution in [3.05, 3.63) is 51.0 Å². The van der Waals surface area contributed by atoms with Crippen LogP contribution in [0.5, 0.6) is 0 Å². The summed E-state index contributed by atoms with van der Waals surface area (Å²) in [6.07, 6.45) is 0. The molecule has 2 rings (SSSR count). The lowest BCUT2D eigenvalue weighted by Crippen LogP contribution is -2.15. The van der Waals surface area contributed by atoms with E-state index in [9.17, 15) is 4.79 Å². The minimum absolute atomic E-state index is 0.0588. The number of hydrogen-bond acceptors (Lipinski definition) is 3. The zero-order valence-corrected chi connectivity index (χ0v) is 12.0. The summed E-state index contributed by atoms with van der Waals surface area (Å²) in [4.78, 5) is 20.0. The van der Waals surface area contributed by atoms with Gasteiger partial charge in [-0.25, -0.2) is 9.97 Å². The van der Waals surface area contributed by atoms with Gasteiger partial charge in [0.25, 0.3) is 5.91 Å². The van der Waals surface area contributed by atoms with Gasteiger partial charge in [-0.1, -0.05) is 34.8 Å². The van der Waals surface area contributed by atoms with E-state index in [2.05, 4.69) is 15.3 Å². The lowest BCUT2D eigenvalue weighted by molar-refractivity contribution is 0.102. The van der Waals surface area contributed by atoms with Crippen molar-refractivity contribution in [1.82, 2.24) is 9.97 Å². The molecule has 2 aromatic rings. The first-order chi connectivity index (χ1) is 8.97. The number of carbonyl (C=O) groups is 1. The van der Waals surface area contributed by atoms with Crippen molar-refractivity contribution in [2.75, 3.05) is 5.32 Å². The van der Waals surface area contributed by atoms with Gasteiger partial charge in [0.05, 0.1) is 16.4 Å². The monoisotopic (exact) mass is 315 g/mol. The first-order valence-corrected chi connectivity index (χ1v) is 6.37. The molecule has 7 heteroatoms. The Morgan fingerprint density at radius 2 is 1.68 bits per heavy atom. The van der Waals surface area contributed by atoms with E-state index in [0.717, 1.165) is 0 Å². The van der Waals surface area contributed by atoms with Gasteiger partial charge in [0.2, 0.25) is 0 Å². The lowest BCUT2D eigenvalue weighted by Gasteiger charge is -2.08. The fourth-order valence-electron chi connectivity index (χ4n) is 1.42. The minimum Gasteiger partial charge on any atom is -0.319 e. The van der Waals surface area contributed by atoms with E-state index < -0.39 is 5.91 Å². The third-order valence-corrected chi connectivity index (χ3v) is 3.05. The summed E-state index contributed by atoms with van der Waals surface area (Å²) >= 11 is 17.4. The SMILES string of the molecule is Cc1nc(Cl)ccc1NC(=O)c1nc(Cl)ccc1Cl. The molecule has 1 amide bonds. The van der Waals surface area contributed by atoms with Crippen LogP contribution in [0.3, 0.4) is 0 Å². The number of aromatic nitrogens is 2. The molecule has 0 unspecified atom stereocenters. The van der Waals surface area contributed by atoms with Crippen LogP contribution in [-0.2, 0) is 0 Å². The van der Waals surface area contributed by atoms with Crippen LogP contribution in [0.4, 0.5) is 5.69 Å². The van der Waals surface area contributed by atoms with Crippen LogP contribution in [0, 0.1) is 6.92 Å². The molecule has 0 aromatic carbocycles. The highest BCUT2D eigenvalue weighted by atomic mass is 35.5. The minimum atomic E-state index is -0.459. The van der Waals surface area contributed by atoms with Gasteiger partial charge in [-0.15, -0.1) is 0 Å². The number of hydrogen-bond donors (Lipinski definition) is 1. The number of halogens is 3. The van der Waals surface area contributed by atoms with Gasteiger partial charge in [-0.3, -0.25) is 4.79 Å². The summed E-state index contributed by atoms with van der Waals surface area (Å²) < 4.78 is 0. The predicted octanol–water partition coefficient (Wildman–Crippen LogP) is 4.00. The number of pyridine rings is 2. The average Bonchev–Trinajstić information content (AvgIpc) is 2.35. The summed E-state index contributed by atoms with van der Waals surface area (Å²) in [5, 5.41) is 3.43. The van der Waals surface area contributed by atoms with Gasteiger partial charge in [-0.05, 0) is 31.2 Å². The maximum atomic E-state index is 12.0. The molecule has 0 fully saturated rings. The Hall–Kier alpha value is -1.36. The Morgan fingerprint density at radius 1 is 1.05 bits per heavy atom. The highest BCUT2D eigenvalue weighted by Crippen LogP contribution is 2.20. The summed E-state index contributed by atoms with van der Waals surface area (Å²) in [5.41, 5.74) is 1.19. The third kappa shape index (κ3) is 3.35. The molecule has 0 aliphatic carbocycles. The largest absolute Gasteiger partial charge is 0.319 e. The number of rotatable bonds is 2. The summed E-state index contributed by atoms with van der Waals surface area (Å²) in [6.45, 7) is 1.73. The Morgan fingerprint density at radius 3 is 2.37 bits per heavy atom. The quantitative estimate of drug-likeness (QED) is 0.852. The fourth-order valence-corrected chi connectivity index (χ4v) is 1.95. The summed E-state index contributed by atoms with van der Waals surface area (Å²) in [7, 11) is 0. The Labute approximate surface area is 124 Å². The molecular formula is C12H8Cl3N3O. The van der Waals surface area contributed by atoms with Gasteiger partial charge in [0.15, 0.2) is 0 Å². The molecule has 2 heterocycles. The van der Waals surface area contributed by atoms with E-state index in [-0.39, 0.29) is 15.9 Å². The van der Waals surface area contributed by atoms with E-state index in [1.54, 1.807) is 19.1 Å². The molecule has 0 aliphatic heterocycles. The van der Waals surface area contributed by atoms with Crippen molar-refractivity contribution < 1.29 is 4.79 Å². The van der Waals surface area contributed by atoms with Crippen LogP contribution < -0.4 is 5.32 Å². The van der Waals surface area contributed by atoms with E-state index in [1.165, 1.54) is 12.1 Å². The molecule has 0 aliphatic rings. The molecule has 98 valence electrons. The van der Waals surface area contributed by atoms with Gasteiger partial charge in [0, 0.05) is 0 Å². The Bertz CT molecular complexity index is 646. The highest BCUT2D eigenvalue weighted by Gasteiger charge is 2.14. The smallest absolute Gasteiger partial charge is 0.275 e. The molecule has 19 heavy (non-hydrogen) atoms. The standard InChI is InChI=1S/C12H8Cl3N3O/c1-6-8(3-5-9(14)16-6)17-12(19)11-7(13)2-4-10(15)18-11/h2-5H,1H3,(H,17,19).